The van der Waals surface area contributed by atoms with Gasteiger partial charge in [0, 0.05) is 36.7 Å². The van der Waals surface area contributed by atoms with Crippen molar-refractivity contribution in [3.05, 3.63) is 52.6 Å². The summed E-state index contributed by atoms with van der Waals surface area (Å²) in [5.74, 6) is 1.02. The molecule has 27 heavy (non-hydrogen) atoms. The molecule has 2 amide bonds. The average molecular weight is 364 g/mol. The zero-order chi connectivity index (χ0) is 19.1. The first-order valence-corrected chi connectivity index (χ1v) is 9.37. The predicted molar refractivity (Wildman–Crippen MR) is 106 cm³/mol. The number of aryl methyl sites for hydroxylation is 2. The molecule has 1 saturated heterocycles. The lowest BCUT2D eigenvalue weighted by Gasteiger charge is -2.29. The summed E-state index contributed by atoms with van der Waals surface area (Å²) in [6.07, 6.45) is 1.90. The summed E-state index contributed by atoms with van der Waals surface area (Å²) >= 11 is 0. The number of nitrogens with one attached hydrogen (secondary N) is 1. The molecular formula is C22H24N2O3. The van der Waals surface area contributed by atoms with E-state index in [0.717, 1.165) is 52.3 Å². The third-order valence-electron chi connectivity index (χ3n) is 5.62. The van der Waals surface area contributed by atoms with Crippen LogP contribution in [0.15, 0.2) is 30.3 Å². The molecule has 0 spiro atoms. The number of hydrogen-bond acceptors (Lipinski definition) is 3. The Kier molecular flexibility index (Phi) is 4.38. The van der Waals surface area contributed by atoms with Gasteiger partial charge in [-0.25, -0.2) is 0 Å². The monoisotopic (exact) mass is 364 g/mol. The maximum atomic E-state index is 12.4. The van der Waals surface area contributed by atoms with Crippen LogP contribution in [0.3, 0.4) is 0 Å². The Labute approximate surface area is 159 Å². The van der Waals surface area contributed by atoms with Gasteiger partial charge in [-0.05, 0) is 60.7 Å². The van der Waals surface area contributed by atoms with Crippen LogP contribution in [0.5, 0.6) is 5.75 Å². The fourth-order valence-electron chi connectivity index (χ4n) is 4.23. The fraction of sp³-hybridized carbons (Fsp3) is 0.364. The lowest BCUT2D eigenvalue weighted by molar-refractivity contribution is -0.117. The highest BCUT2D eigenvalue weighted by Crippen LogP contribution is 2.41. The second-order valence-corrected chi connectivity index (χ2v) is 7.40. The van der Waals surface area contributed by atoms with Crippen molar-refractivity contribution in [2.75, 3.05) is 23.9 Å². The van der Waals surface area contributed by atoms with E-state index in [1.807, 2.05) is 25.1 Å². The molecule has 0 aromatic heterocycles. The normalized spacial score (nSPS) is 19.1. The van der Waals surface area contributed by atoms with E-state index in [1.165, 1.54) is 0 Å². The zero-order valence-corrected chi connectivity index (χ0v) is 16.0. The average Bonchev–Trinajstić information content (AvgIpc) is 3.08. The lowest BCUT2D eigenvalue weighted by Crippen LogP contribution is -2.26. The van der Waals surface area contributed by atoms with E-state index in [-0.39, 0.29) is 17.7 Å². The van der Waals surface area contributed by atoms with Crippen LogP contribution in [-0.2, 0) is 9.59 Å². The van der Waals surface area contributed by atoms with Gasteiger partial charge >= 0.3 is 0 Å². The van der Waals surface area contributed by atoms with Crippen LogP contribution in [0.4, 0.5) is 11.4 Å². The Balaban J connectivity index is 1.76. The SMILES string of the molecule is COc1cc(C)c(C2CC(=O)Nc3cc(N4CCCC4=O)ccc32)cc1C. The van der Waals surface area contributed by atoms with Crippen molar-refractivity contribution >= 4 is 23.2 Å². The molecule has 0 saturated carbocycles. The van der Waals surface area contributed by atoms with E-state index in [9.17, 15) is 9.59 Å². The third-order valence-corrected chi connectivity index (χ3v) is 5.62. The van der Waals surface area contributed by atoms with Crippen LogP contribution in [-0.4, -0.2) is 25.5 Å². The third kappa shape index (κ3) is 3.07. The van der Waals surface area contributed by atoms with Crippen LogP contribution in [0.2, 0.25) is 0 Å². The fourth-order valence-corrected chi connectivity index (χ4v) is 4.23. The summed E-state index contributed by atoms with van der Waals surface area (Å²) in [6, 6.07) is 10.2. The standard InChI is InChI=1S/C22H24N2O3/c1-13-10-20(27-3)14(2)9-17(13)18-12-21(25)23-19-11-15(6-7-16(18)19)24-8-4-5-22(24)26/h6-7,9-11,18H,4-5,8,12H2,1-3H3,(H,23,25). The topological polar surface area (TPSA) is 58.6 Å². The first kappa shape index (κ1) is 17.6. The summed E-state index contributed by atoms with van der Waals surface area (Å²) in [5.41, 5.74) is 6.08. The van der Waals surface area contributed by atoms with E-state index in [2.05, 4.69) is 24.4 Å². The molecule has 2 aliphatic rings. The van der Waals surface area contributed by atoms with Gasteiger partial charge in [0.2, 0.25) is 11.8 Å². The van der Waals surface area contributed by atoms with E-state index >= 15 is 0 Å². The van der Waals surface area contributed by atoms with Crippen molar-refractivity contribution in [3.8, 4) is 5.75 Å². The smallest absolute Gasteiger partial charge is 0.227 e. The van der Waals surface area contributed by atoms with Crippen LogP contribution < -0.4 is 15.0 Å². The summed E-state index contributed by atoms with van der Waals surface area (Å²) in [6.45, 7) is 4.82. The second kappa shape index (κ2) is 6.72. The maximum Gasteiger partial charge on any atom is 0.227 e. The Hall–Kier alpha value is -2.82. The summed E-state index contributed by atoms with van der Waals surface area (Å²) in [4.78, 5) is 26.3. The molecule has 2 aromatic rings. The highest BCUT2D eigenvalue weighted by molar-refractivity contribution is 5.99. The molecule has 1 atom stereocenters. The molecule has 2 heterocycles. The Morgan fingerprint density at radius 2 is 1.89 bits per heavy atom. The second-order valence-electron chi connectivity index (χ2n) is 7.40. The molecule has 0 aliphatic carbocycles. The van der Waals surface area contributed by atoms with E-state index in [0.29, 0.717) is 12.8 Å². The Morgan fingerprint density at radius 3 is 2.59 bits per heavy atom. The molecule has 5 nitrogen and oxygen atoms in total. The van der Waals surface area contributed by atoms with Crippen LogP contribution in [0.25, 0.3) is 0 Å². The molecule has 5 heteroatoms. The van der Waals surface area contributed by atoms with Crippen molar-refractivity contribution in [1.82, 2.24) is 0 Å². The molecule has 2 aliphatic heterocycles. The van der Waals surface area contributed by atoms with Crippen LogP contribution in [0.1, 0.15) is 47.4 Å². The van der Waals surface area contributed by atoms with E-state index in [4.69, 9.17) is 4.74 Å². The summed E-state index contributed by atoms with van der Waals surface area (Å²) in [7, 11) is 1.67. The van der Waals surface area contributed by atoms with Gasteiger partial charge in [-0.2, -0.15) is 0 Å². The minimum absolute atomic E-state index is 0.00156. The number of carbonyl (C=O) groups is 2. The number of amides is 2. The number of rotatable bonds is 3. The number of ether oxygens (including phenoxy) is 1. The number of fused-ring (bicyclic) bond motifs is 1. The quantitative estimate of drug-likeness (QED) is 0.898. The van der Waals surface area contributed by atoms with Crippen molar-refractivity contribution in [2.45, 2.75) is 39.0 Å². The van der Waals surface area contributed by atoms with Crippen molar-refractivity contribution in [1.29, 1.82) is 0 Å². The predicted octanol–water partition coefficient (Wildman–Crippen LogP) is 3.91. The molecule has 0 radical (unpaired) electrons. The minimum atomic E-state index is 0.00156. The molecule has 1 N–H and O–H groups in total. The number of carbonyl (C=O) groups excluding carboxylic acids is 2. The van der Waals surface area contributed by atoms with Crippen LogP contribution >= 0.6 is 0 Å². The largest absolute Gasteiger partial charge is 0.496 e. The Morgan fingerprint density at radius 1 is 1.07 bits per heavy atom. The van der Waals surface area contributed by atoms with Crippen LogP contribution in [0, 0.1) is 13.8 Å². The number of methoxy groups -OCH3 is 1. The first-order chi connectivity index (χ1) is 13.0. The highest BCUT2D eigenvalue weighted by Gasteiger charge is 2.30. The molecule has 4 rings (SSSR count). The summed E-state index contributed by atoms with van der Waals surface area (Å²) < 4.78 is 5.42. The molecule has 1 fully saturated rings. The number of nitrogens with zero attached hydrogens (tertiary/aromatic N) is 1. The van der Waals surface area contributed by atoms with E-state index in [1.54, 1.807) is 12.0 Å². The lowest BCUT2D eigenvalue weighted by atomic mass is 9.82. The van der Waals surface area contributed by atoms with Gasteiger partial charge in [-0.3, -0.25) is 9.59 Å². The highest BCUT2D eigenvalue weighted by atomic mass is 16.5. The van der Waals surface area contributed by atoms with Crippen molar-refractivity contribution in [2.24, 2.45) is 0 Å². The van der Waals surface area contributed by atoms with Crippen molar-refractivity contribution < 1.29 is 14.3 Å². The molecule has 1 unspecified atom stereocenters. The van der Waals surface area contributed by atoms with Gasteiger partial charge in [-0.15, -0.1) is 0 Å². The molecule has 2 aromatic carbocycles. The van der Waals surface area contributed by atoms with Gasteiger partial charge in [-0.1, -0.05) is 12.1 Å². The minimum Gasteiger partial charge on any atom is -0.496 e. The Bertz CT molecular complexity index is 935. The van der Waals surface area contributed by atoms with Crippen molar-refractivity contribution in [3.63, 3.8) is 0 Å². The van der Waals surface area contributed by atoms with Gasteiger partial charge < -0.3 is 15.0 Å². The van der Waals surface area contributed by atoms with Gasteiger partial charge in [0.1, 0.15) is 5.75 Å². The zero-order valence-electron chi connectivity index (χ0n) is 16.0. The van der Waals surface area contributed by atoms with Gasteiger partial charge in [0.15, 0.2) is 0 Å². The summed E-state index contributed by atoms with van der Waals surface area (Å²) in [5, 5.41) is 2.99. The van der Waals surface area contributed by atoms with E-state index < -0.39 is 0 Å². The van der Waals surface area contributed by atoms with Gasteiger partial charge in [0.05, 0.1) is 7.11 Å². The molecule has 140 valence electrons. The first-order valence-electron chi connectivity index (χ1n) is 9.37. The maximum absolute atomic E-state index is 12.4. The number of benzene rings is 2. The molecular weight excluding hydrogens is 340 g/mol. The number of anilines is 2. The molecule has 0 bridgehead atoms. The number of hydrogen-bond donors (Lipinski definition) is 1. The van der Waals surface area contributed by atoms with Gasteiger partial charge in [0.25, 0.3) is 0 Å².